The fourth-order valence-electron chi connectivity index (χ4n) is 8.61. The number of unbranched alkanes of at least 4 members (excludes halogenated alkanes) is 14. The van der Waals surface area contributed by atoms with E-state index < -0.39 is 84.5 Å². The lowest BCUT2D eigenvalue weighted by molar-refractivity contribution is -0.145. The molecule has 0 spiro atoms. The fourth-order valence-corrected chi connectivity index (χ4v) is 8.61. The summed E-state index contributed by atoms with van der Waals surface area (Å²) in [5.41, 5.74) is 6.72. The molecule has 0 radical (unpaired) electrons. The third-order valence-corrected chi connectivity index (χ3v) is 13.4. The lowest BCUT2D eigenvalue weighted by atomic mass is 9.90. The van der Waals surface area contributed by atoms with E-state index in [4.69, 9.17) is 20.3 Å². The van der Waals surface area contributed by atoms with E-state index in [9.17, 15) is 68.1 Å². The monoisotopic (exact) mass is 1110 g/mol. The number of nitrogens with zero attached hydrogens (tertiary/aromatic N) is 1. The van der Waals surface area contributed by atoms with Gasteiger partial charge in [-0.2, -0.15) is 0 Å². The van der Waals surface area contributed by atoms with Gasteiger partial charge in [0, 0.05) is 90.2 Å². The standard InChI is InChI=1S/C55H90N6O17.H2/c1-39(62)40(34-48(65)45(56)35-42-36-57-38-59-42)19-16-17-29-58-49(66)28-23-41(53(71)72)33-44(64)25-27-47(55(75)76)61-51(68)37-78-32-31-77-30-18-20-43(63)24-26-46(54(73)74)60-50(67)21-14-12-10-8-6-4-2-3-5-7-9-11-13-15-22-52(69)70;/h36,38,40-41,45-47H,2-35,37,56H2,1H3,(H,57,59)(H,58,66)(H,60,67)(H,61,68)(H,69,70)(H,71,72)(H,73,74)(H,75,76);1H/t40-,41?,45+,46+,47+;/m1./s1. The van der Waals surface area contributed by atoms with E-state index in [1.54, 1.807) is 6.20 Å². The van der Waals surface area contributed by atoms with Crippen LogP contribution in [0, 0.1) is 11.8 Å². The smallest absolute Gasteiger partial charge is 0.326 e. The maximum Gasteiger partial charge on any atom is 0.326 e. The van der Waals surface area contributed by atoms with E-state index in [1.807, 2.05) is 0 Å². The van der Waals surface area contributed by atoms with Crippen LogP contribution in [0.3, 0.4) is 0 Å². The number of aromatic amines is 1. The first kappa shape index (κ1) is 70.1. The van der Waals surface area contributed by atoms with E-state index in [0.717, 1.165) is 51.4 Å². The number of amides is 3. The summed E-state index contributed by atoms with van der Waals surface area (Å²) in [5, 5.41) is 45.0. The van der Waals surface area contributed by atoms with Gasteiger partial charge in [0.1, 0.15) is 36.0 Å². The molecule has 0 aromatic carbocycles. The van der Waals surface area contributed by atoms with Crippen molar-refractivity contribution in [2.24, 2.45) is 17.6 Å². The lowest BCUT2D eigenvalue weighted by Crippen LogP contribution is -2.42. The number of aromatic nitrogens is 2. The number of H-pyrrole nitrogens is 1. The highest BCUT2D eigenvalue weighted by atomic mass is 16.5. The Balaban J connectivity index is 0.0000608. The van der Waals surface area contributed by atoms with Crippen molar-refractivity contribution in [3.63, 3.8) is 0 Å². The molecule has 78 heavy (non-hydrogen) atoms. The predicted molar refractivity (Wildman–Crippen MR) is 288 cm³/mol. The van der Waals surface area contributed by atoms with Crippen molar-refractivity contribution < 1.29 is 84.1 Å². The average Bonchev–Trinajstić information content (AvgIpc) is 3.90. The second-order valence-electron chi connectivity index (χ2n) is 20.2. The highest BCUT2D eigenvalue weighted by Crippen LogP contribution is 2.19. The van der Waals surface area contributed by atoms with Gasteiger partial charge in [-0.05, 0) is 58.3 Å². The quantitative estimate of drug-likeness (QED) is 0.0347. The summed E-state index contributed by atoms with van der Waals surface area (Å²) >= 11 is 0. The number of imidazole rings is 1. The second-order valence-corrected chi connectivity index (χ2v) is 20.2. The van der Waals surface area contributed by atoms with Crippen molar-refractivity contribution in [1.82, 2.24) is 25.9 Å². The molecule has 1 rings (SSSR count). The predicted octanol–water partition coefficient (Wildman–Crippen LogP) is 5.82. The summed E-state index contributed by atoms with van der Waals surface area (Å²) in [5.74, 6) is -9.08. The first-order chi connectivity index (χ1) is 37.3. The number of carbonyl (C=O) groups excluding carboxylic acids is 7. The molecular formula is C55H92N6O17. The molecule has 0 aliphatic heterocycles. The van der Waals surface area contributed by atoms with Crippen LogP contribution >= 0.6 is 0 Å². The van der Waals surface area contributed by atoms with Crippen LogP contribution < -0.4 is 21.7 Å². The summed E-state index contributed by atoms with van der Waals surface area (Å²) < 4.78 is 10.7. The SMILES string of the molecule is CC(=O)[C@H](CCCCNC(=O)CCC(CC(=O)CC[C@H](NC(=O)COCCOCCCC(=O)CC[C@H](NC(=O)CCCCCCCCCCCCCCCCC(=O)O)C(=O)O)C(=O)O)C(=O)O)CC(=O)[C@@H](N)Cc1cnc[nH]1.[HH]. The van der Waals surface area contributed by atoms with Gasteiger partial charge in [0.05, 0.1) is 31.5 Å². The van der Waals surface area contributed by atoms with Crippen molar-refractivity contribution in [2.75, 3.05) is 33.0 Å². The maximum absolute atomic E-state index is 12.7. The van der Waals surface area contributed by atoms with Crippen LogP contribution in [-0.2, 0) is 68.6 Å². The maximum atomic E-state index is 12.7. The van der Waals surface area contributed by atoms with Gasteiger partial charge >= 0.3 is 23.9 Å². The van der Waals surface area contributed by atoms with E-state index in [1.165, 1.54) is 45.4 Å². The lowest BCUT2D eigenvalue weighted by Gasteiger charge is -2.16. The van der Waals surface area contributed by atoms with Gasteiger partial charge in [-0.15, -0.1) is 0 Å². The molecule has 0 aliphatic carbocycles. The van der Waals surface area contributed by atoms with Crippen molar-refractivity contribution in [3.05, 3.63) is 18.2 Å². The minimum Gasteiger partial charge on any atom is -0.481 e. The molecule has 23 heteroatoms. The van der Waals surface area contributed by atoms with Gasteiger partial charge in [0.2, 0.25) is 17.7 Å². The van der Waals surface area contributed by atoms with Crippen LogP contribution in [-0.4, -0.2) is 146 Å². The number of Topliss-reactive ketones (excluding diaryl/α,β-unsaturated/α-hetero) is 4. The molecule has 5 atom stereocenters. The molecule has 1 heterocycles. The zero-order valence-electron chi connectivity index (χ0n) is 45.9. The third-order valence-electron chi connectivity index (χ3n) is 13.4. The number of hydrogen-bond donors (Lipinski definition) is 9. The minimum atomic E-state index is -1.46. The number of ether oxygens (including phenoxy) is 2. The zero-order valence-corrected chi connectivity index (χ0v) is 45.9. The molecule has 0 bridgehead atoms. The Morgan fingerprint density at radius 3 is 1.64 bits per heavy atom. The van der Waals surface area contributed by atoms with Gasteiger partial charge < -0.3 is 56.6 Å². The largest absolute Gasteiger partial charge is 0.481 e. The van der Waals surface area contributed by atoms with E-state index in [2.05, 4.69) is 25.9 Å². The van der Waals surface area contributed by atoms with Gasteiger partial charge in [-0.25, -0.2) is 14.6 Å². The van der Waals surface area contributed by atoms with Gasteiger partial charge in [0.15, 0.2) is 5.78 Å². The molecule has 1 unspecified atom stereocenters. The van der Waals surface area contributed by atoms with Crippen molar-refractivity contribution >= 4 is 64.7 Å². The summed E-state index contributed by atoms with van der Waals surface area (Å²) in [7, 11) is 0. The number of carboxylic acid groups (broad SMARTS) is 4. The molecule has 3 amide bonds. The molecule has 23 nitrogen and oxygen atoms in total. The van der Waals surface area contributed by atoms with Crippen molar-refractivity contribution in [2.45, 2.75) is 218 Å². The number of hydrogen-bond acceptors (Lipinski definition) is 15. The van der Waals surface area contributed by atoms with E-state index in [-0.39, 0.29) is 122 Å². The molecule has 0 saturated heterocycles. The minimum absolute atomic E-state index is 0. The zero-order chi connectivity index (χ0) is 57.9. The molecule has 1 aromatic heterocycles. The van der Waals surface area contributed by atoms with Gasteiger partial charge in [-0.1, -0.05) is 83.5 Å². The van der Waals surface area contributed by atoms with Gasteiger partial charge in [-0.3, -0.25) is 43.2 Å². The average molecular weight is 1110 g/mol. The van der Waals surface area contributed by atoms with Crippen LogP contribution in [0.25, 0.3) is 0 Å². The Morgan fingerprint density at radius 2 is 1.10 bits per heavy atom. The molecule has 0 saturated carbocycles. The molecular weight excluding hydrogens is 1020 g/mol. The Kier molecular flexibility index (Phi) is 39.5. The van der Waals surface area contributed by atoms with Crippen molar-refractivity contribution in [3.8, 4) is 0 Å². The van der Waals surface area contributed by atoms with Crippen molar-refractivity contribution in [1.29, 1.82) is 0 Å². The number of nitrogens with two attached hydrogens (primary N) is 1. The molecule has 1 aromatic rings. The first-order valence-corrected chi connectivity index (χ1v) is 28.0. The Morgan fingerprint density at radius 1 is 0.551 bits per heavy atom. The number of aliphatic carboxylic acids is 4. The van der Waals surface area contributed by atoms with Crippen LogP contribution in [0.4, 0.5) is 0 Å². The number of nitrogens with one attached hydrogen (secondary N) is 4. The molecule has 0 fully saturated rings. The second kappa shape index (κ2) is 44.0. The summed E-state index contributed by atoms with van der Waals surface area (Å²) in [6.07, 6.45) is 18.9. The fraction of sp³-hybridized carbons (Fsp3) is 0.745. The normalized spacial score (nSPS) is 13.1. The van der Waals surface area contributed by atoms with Gasteiger partial charge in [0.25, 0.3) is 0 Å². The van der Waals surface area contributed by atoms with E-state index in [0.29, 0.717) is 37.8 Å². The topological polar surface area (TPSA) is 378 Å². The Bertz CT molecular complexity index is 1970. The Labute approximate surface area is 459 Å². The van der Waals surface area contributed by atoms with Crippen LogP contribution in [0.5, 0.6) is 0 Å². The Hall–Kier alpha value is -5.94. The molecule has 444 valence electrons. The summed E-state index contributed by atoms with van der Waals surface area (Å²) in [6, 6.07) is -3.41. The van der Waals surface area contributed by atoms with Crippen LogP contribution in [0.15, 0.2) is 12.5 Å². The molecule has 10 N–H and O–H groups in total. The number of carboxylic acids is 4. The van der Waals surface area contributed by atoms with Crippen LogP contribution in [0.2, 0.25) is 0 Å². The third kappa shape index (κ3) is 37.8. The highest BCUT2D eigenvalue weighted by Gasteiger charge is 2.27. The summed E-state index contributed by atoms with van der Waals surface area (Å²) in [4.78, 5) is 140. The first-order valence-electron chi connectivity index (χ1n) is 28.0. The number of ketones is 4. The van der Waals surface area contributed by atoms with Crippen LogP contribution in [0.1, 0.15) is 200 Å². The number of rotatable bonds is 53. The highest BCUT2D eigenvalue weighted by molar-refractivity contribution is 5.90. The van der Waals surface area contributed by atoms with E-state index >= 15 is 0 Å². The summed E-state index contributed by atoms with van der Waals surface area (Å²) in [6.45, 7) is 1.33. The molecule has 0 aliphatic rings. The number of carbonyl (C=O) groups is 11.